The number of fused-ring (bicyclic) bond motifs is 1. The van der Waals surface area contributed by atoms with Crippen molar-refractivity contribution in [2.45, 2.75) is 6.92 Å². The molecule has 0 saturated carbocycles. The van der Waals surface area contributed by atoms with Crippen LogP contribution in [-0.2, 0) is 9.53 Å². The number of non-ortho nitro benzene ring substituents is 1. The summed E-state index contributed by atoms with van der Waals surface area (Å²) < 4.78 is 5.02. The van der Waals surface area contributed by atoms with Crippen molar-refractivity contribution in [2.24, 2.45) is 0 Å². The first-order chi connectivity index (χ1) is 13.4. The maximum atomic E-state index is 12.6. The van der Waals surface area contributed by atoms with E-state index in [4.69, 9.17) is 4.74 Å². The van der Waals surface area contributed by atoms with E-state index in [1.807, 2.05) is 0 Å². The second kappa shape index (κ2) is 7.83. The average molecular weight is 380 g/mol. The molecule has 0 N–H and O–H groups in total. The minimum Gasteiger partial charge on any atom is -0.463 e. The number of benzene rings is 2. The van der Waals surface area contributed by atoms with Crippen molar-refractivity contribution in [3.8, 4) is 0 Å². The predicted octanol–water partition coefficient (Wildman–Crippen LogP) is 2.84. The molecule has 8 nitrogen and oxygen atoms in total. The first-order valence-corrected chi connectivity index (χ1v) is 8.49. The molecule has 2 aromatic carbocycles. The molecule has 0 spiro atoms. The van der Waals surface area contributed by atoms with E-state index >= 15 is 0 Å². The highest BCUT2D eigenvalue weighted by atomic mass is 16.6. The Labute approximate surface area is 160 Å². The Balaban J connectivity index is 1.95. The quantitative estimate of drug-likeness (QED) is 0.251. The average Bonchev–Trinajstić information content (AvgIpc) is 2.93. The minimum absolute atomic E-state index is 0.0388. The van der Waals surface area contributed by atoms with E-state index in [9.17, 15) is 24.5 Å². The Morgan fingerprint density at radius 3 is 2.32 bits per heavy atom. The van der Waals surface area contributed by atoms with Gasteiger partial charge in [-0.1, -0.05) is 24.3 Å². The number of nitrogens with zero attached hydrogens (tertiary/aromatic N) is 2. The molecule has 2 amide bonds. The van der Waals surface area contributed by atoms with Gasteiger partial charge >= 0.3 is 5.97 Å². The topological polar surface area (TPSA) is 107 Å². The van der Waals surface area contributed by atoms with Crippen LogP contribution in [0.25, 0.3) is 6.08 Å². The van der Waals surface area contributed by atoms with Gasteiger partial charge < -0.3 is 4.74 Å². The van der Waals surface area contributed by atoms with Gasteiger partial charge in [0.15, 0.2) is 0 Å². The third-order valence-corrected chi connectivity index (χ3v) is 4.17. The number of hydrogen-bond acceptors (Lipinski definition) is 6. The Morgan fingerprint density at radius 2 is 1.75 bits per heavy atom. The summed E-state index contributed by atoms with van der Waals surface area (Å²) >= 11 is 0. The van der Waals surface area contributed by atoms with Gasteiger partial charge in [0.25, 0.3) is 17.5 Å². The second-order valence-corrected chi connectivity index (χ2v) is 5.98. The lowest BCUT2D eigenvalue weighted by Gasteiger charge is -2.16. The molecule has 0 unspecified atom stereocenters. The number of imide groups is 1. The van der Waals surface area contributed by atoms with Gasteiger partial charge in [0, 0.05) is 12.1 Å². The first kappa shape index (κ1) is 19.0. The monoisotopic (exact) mass is 380 g/mol. The number of carbonyl (C=O) groups is 3. The van der Waals surface area contributed by atoms with Crippen LogP contribution in [-0.4, -0.2) is 40.8 Å². The Hall–Kier alpha value is -3.81. The van der Waals surface area contributed by atoms with Crippen molar-refractivity contribution in [3.63, 3.8) is 0 Å². The standard InChI is InChI=1S/C20H16N2O6/c1-2-28-20(25)14(10-13-6-5-7-15(11-13)22(26)27)12-21-18(23)16-8-3-4-9-17(16)19(21)24/h3-11H,2,12H2,1H3/b14-10+. The number of esters is 1. The number of nitro benzene ring substituents is 1. The van der Waals surface area contributed by atoms with E-state index in [0.717, 1.165) is 4.90 Å². The van der Waals surface area contributed by atoms with Crippen LogP contribution in [0, 0.1) is 10.1 Å². The fourth-order valence-corrected chi connectivity index (χ4v) is 2.88. The highest BCUT2D eigenvalue weighted by molar-refractivity contribution is 6.21. The lowest BCUT2D eigenvalue weighted by Crippen LogP contribution is -2.33. The number of hydrogen-bond donors (Lipinski definition) is 0. The van der Waals surface area contributed by atoms with Crippen LogP contribution in [0.5, 0.6) is 0 Å². The van der Waals surface area contributed by atoms with Crippen LogP contribution in [0.3, 0.4) is 0 Å². The Kier molecular flexibility index (Phi) is 5.30. The molecule has 0 saturated heterocycles. The maximum absolute atomic E-state index is 12.6. The Morgan fingerprint density at radius 1 is 1.11 bits per heavy atom. The zero-order chi connectivity index (χ0) is 20.3. The van der Waals surface area contributed by atoms with Crippen LogP contribution in [0.15, 0.2) is 54.1 Å². The van der Waals surface area contributed by atoms with E-state index in [1.54, 1.807) is 37.3 Å². The summed E-state index contributed by atoms with van der Waals surface area (Å²) in [5.41, 5.74) is 0.820. The van der Waals surface area contributed by atoms with Gasteiger partial charge in [-0.2, -0.15) is 0 Å². The number of carbonyl (C=O) groups excluding carboxylic acids is 3. The third-order valence-electron chi connectivity index (χ3n) is 4.17. The van der Waals surface area contributed by atoms with Gasteiger partial charge in [0.1, 0.15) is 0 Å². The van der Waals surface area contributed by atoms with Gasteiger partial charge in [-0.25, -0.2) is 4.79 Å². The van der Waals surface area contributed by atoms with Crippen molar-refractivity contribution < 1.29 is 24.0 Å². The van der Waals surface area contributed by atoms with Crippen LogP contribution in [0.1, 0.15) is 33.2 Å². The summed E-state index contributed by atoms with van der Waals surface area (Å²) in [6, 6.07) is 12.1. The van der Waals surface area contributed by atoms with Crippen molar-refractivity contribution in [2.75, 3.05) is 13.2 Å². The van der Waals surface area contributed by atoms with E-state index in [1.165, 1.54) is 24.3 Å². The fourth-order valence-electron chi connectivity index (χ4n) is 2.88. The lowest BCUT2D eigenvalue weighted by molar-refractivity contribution is -0.384. The molecule has 0 fully saturated rings. The summed E-state index contributed by atoms with van der Waals surface area (Å²) in [7, 11) is 0. The van der Waals surface area contributed by atoms with Crippen LogP contribution >= 0.6 is 0 Å². The van der Waals surface area contributed by atoms with Gasteiger partial charge in [0.05, 0.1) is 34.8 Å². The molecule has 0 aromatic heterocycles. The van der Waals surface area contributed by atoms with Gasteiger partial charge in [-0.05, 0) is 30.7 Å². The number of rotatable bonds is 6. The van der Waals surface area contributed by atoms with Crippen molar-refractivity contribution >= 4 is 29.5 Å². The highest BCUT2D eigenvalue weighted by Crippen LogP contribution is 2.24. The lowest BCUT2D eigenvalue weighted by atomic mass is 10.1. The molecule has 1 heterocycles. The van der Waals surface area contributed by atoms with E-state index < -0.39 is 22.7 Å². The Bertz CT molecular complexity index is 976. The zero-order valence-corrected chi connectivity index (χ0v) is 15.0. The zero-order valence-electron chi connectivity index (χ0n) is 15.0. The van der Waals surface area contributed by atoms with Crippen LogP contribution in [0.2, 0.25) is 0 Å². The third kappa shape index (κ3) is 3.66. The number of ether oxygens (including phenoxy) is 1. The molecule has 28 heavy (non-hydrogen) atoms. The number of nitro groups is 1. The van der Waals surface area contributed by atoms with Crippen molar-refractivity contribution in [3.05, 3.63) is 80.9 Å². The van der Waals surface area contributed by atoms with Crippen LogP contribution < -0.4 is 0 Å². The summed E-state index contributed by atoms with van der Waals surface area (Å²) in [4.78, 5) is 48.9. The summed E-state index contributed by atoms with van der Waals surface area (Å²) in [6.45, 7) is 1.44. The molecular formula is C20H16N2O6. The smallest absolute Gasteiger partial charge is 0.335 e. The summed E-state index contributed by atoms with van der Waals surface area (Å²) in [5.74, 6) is -1.71. The largest absolute Gasteiger partial charge is 0.463 e. The summed E-state index contributed by atoms with van der Waals surface area (Å²) in [5, 5.41) is 11.0. The van der Waals surface area contributed by atoms with Crippen molar-refractivity contribution in [1.29, 1.82) is 0 Å². The fraction of sp³-hybridized carbons (Fsp3) is 0.150. The molecule has 0 aliphatic carbocycles. The van der Waals surface area contributed by atoms with E-state index in [2.05, 4.69) is 0 Å². The van der Waals surface area contributed by atoms with Crippen molar-refractivity contribution in [1.82, 2.24) is 4.90 Å². The molecule has 3 rings (SSSR count). The molecule has 8 heteroatoms. The highest BCUT2D eigenvalue weighted by Gasteiger charge is 2.36. The van der Waals surface area contributed by atoms with E-state index in [-0.39, 0.29) is 35.5 Å². The molecule has 1 aliphatic rings. The second-order valence-electron chi connectivity index (χ2n) is 5.98. The van der Waals surface area contributed by atoms with Crippen LogP contribution in [0.4, 0.5) is 5.69 Å². The summed E-state index contributed by atoms with van der Waals surface area (Å²) in [6.07, 6.45) is 1.38. The molecule has 2 aromatic rings. The molecule has 0 radical (unpaired) electrons. The molecule has 142 valence electrons. The van der Waals surface area contributed by atoms with Gasteiger partial charge in [-0.15, -0.1) is 0 Å². The minimum atomic E-state index is -0.703. The SMILES string of the molecule is CCOC(=O)/C(=C/c1cccc([N+](=O)[O-])c1)CN1C(=O)c2ccccc2C1=O. The molecule has 1 aliphatic heterocycles. The molecule has 0 atom stereocenters. The molecule has 0 bridgehead atoms. The predicted molar refractivity (Wildman–Crippen MR) is 99.5 cm³/mol. The molecular weight excluding hydrogens is 364 g/mol. The van der Waals surface area contributed by atoms with Gasteiger partial charge in [0.2, 0.25) is 0 Å². The van der Waals surface area contributed by atoms with E-state index in [0.29, 0.717) is 5.56 Å². The first-order valence-electron chi connectivity index (χ1n) is 8.49. The maximum Gasteiger partial charge on any atom is 0.335 e. The van der Waals surface area contributed by atoms with Gasteiger partial charge in [-0.3, -0.25) is 24.6 Å². The normalized spacial score (nSPS) is 13.5. The number of amides is 2.